The van der Waals surface area contributed by atoms with E-state index in [9.17, 15) is 0 Å². The lowest BCUT2D eigenvalue weighted by Crippen LogP contribution is -2.22. The van der Waals surface area contributed by atoms with Crippen molar-refractivity contribution in [2.45, 2.75) is 32.7 Å². The van der Waals surface area contributed by atoms with Crippen LogP contribution in [0.2, 0.25) is 0 Å². The Hall–Kier alpha value is -1.13. The summed E-state index contributed by atoms with van der Waals surface area (Å²) >= 11 is 1.84. The van der Waals surface area contributed by atoms with Gasteiger partial charge >= 0.3 is 0 Å². The van der Waals surface area contributed by atoms with Crippen molar-refractivity contribution < 1.29 is 0 Å². The first kappa shape index (κ1) is 13.3. The fraction of sp³-hybridized carbons (Fsp3) is 0.500. The summed E-state index contributed by atoms with van der Waals surface area (Å²) in [5.74, 6) is 0. The first-order chi connectivity index (χ1) is 8.72. The zero-order chi connectivity index (χ0) is 13.0. The molecule has 0 fully saturated rings. The van der Waals surface area contributed by atoms with Crippen molar-refractivity contribution in [3.8, 4) is 0 Å². The summed E-state index contributed by atoms with van der Waals surface area (Å²) in [5, 5.41) is 10.1. The average molecular weight is 263 g/mol. The maximum absolute atomic E-state index is 4.34. The summed E-state index contributed by atoms with van der Waals surface area (Å²) in [6.45, 7) is 5.28. The van der Waals surface area contributed by atoms with Crippen LogP contribution in [-0.4, -0.2) is 16.3 Å². The maximum atomic E-state index is 4.34. The molecule has 0 saturated heterocycles. The third-order valence-corrected chi connectivity index (χ3v) is 4.29. The summed E-state index contributed by atoms with van der Waals surface area (Å²) in [4.78, 5) is 1.46. The van der Waals surface area contributed by atoms with Crippen LogP contribution in [0.1, 0.15) is 35.5 Å². The highest BCUT2D eigenvalue weighted by Gasteiger charge is 2.15. The molecule has 1 atom stereocenters. The minimum absolute atomic E-state index is 0.408. The molecule has 0 radical (unpaired) electrons. The van der Waals surface area contributed by atoms with Gasteiger partial charge in [-0.3, -0.25) is 4.68 Å². The molecular formula is C14H21N3S. The van der Waals surface area contributed by atoms with Crippen molar-refractivity contribution in [1.29, 1.82) is 0 Å². The van der Waals surface area contributed by atoms with Crippen LogP contribution in [0.3, 0.4) is 0 Å². The molecule has 18 heavy (non-hydrogen) atoms. The van der Waals surface area contributed by atoms with Gasteiger partial charge in [0.1, 0.15) is 0 Å². The van der Waals surface area contributed by atoms with E-state index in [4.69, 9.17) is 0 Å². The smallest absolute Gasteiger partial charge is 0.0540 e. The summed E-state index contributed by atoms with van der Waals surface area (Å²) in [6.07, 6.45) is 4.25. The summed E-state index contributed by atoms with van der Waals surface area (Å²) in [6, 6.07) is 4.74. The van der Waals surface area contributed by atoms with Gasteiger partial charge in [-0.2, -0.15) is 5.10 Å². The fourth-order valence-electron chi connectivity index (χ4n) is 2.21. The number of aromatic nitrogens is 2. The van der Waals surface area contributed by atoms with E-state index in [1.807, 2.05) is 29.3 Å². The lowest BCUT2D eigenvalue weighted by Gasteiger charge is -2.17. The van der Waals surface area contributed by atoms with E-state index < -0.39 is 0 Å². The Balaban J connectivity index is 2.06. The lowest BCUT2D eigenvalue weighted by atomic mass is 10.0. The first-order valence-electron chi connectivity index (χ1n) is 6.46. The number of hydrogen-bond donors (Lipinski definition) is 1. The SMILES string of the molecule is CCNC(CCc1cccs1)c1cnn(C)c1C. The Morgan fingerprint density at radius 2 is 2.33 bits per heavy atom. The molecule has 0 aliphatic rings. The Labute approximate surface area is 113 Å². The summed E-state index contributed by atoms with van der Waals surface area (Å²) in [7, 11) is 2.00. The Kier molecular flexibility index (Phi) is 4.55. The highest BCUT2D eigenvalue weighted by molar-refractivity contribution is 7.09. The molecule has 4 heteroatoms. The minimum atomic E-state index is 0.408. The molecule has 0 aliphatic carbocycles. The first-order valence-corrected chi connectivity index (χ1v) is 7.34. The van der Waals surface area contributed by atoms with Gasteiger partial charge in [-0.25, -0.2) is 0 Å². The molecule has 0 saturated carbocycles. The van der Waals surface area contributed by atoms with Crippen LogP contribution < -0.4 is 5.32 Å². The molecule has 98 valence electrons. The van der Waals surface area contributed by atoms with Crippen molar-refractivity contribution in [1.82, 2.24) is 15.1 Å². The van der Waals surface area contributed by atoms with E-state index in [1.54, 1.807) is 0 Å². The Morgan fingerprint density at radius 3 is 2.89 bits per heavy atom. The number of rotatable bonds is 6. The second-order valence-electron chi connectivity index (χ2n) is 4.54. The lowest BCUT2D eigenvalue weighted by molar-refractivity contribution is 0.514. The second-order valence-corrected chi connectivity index (χ2v) is 5.57. The molecule has 1 unspecified atom stereocenters. The highest BCUT2D eigenvalue weighted by atomic mass is 32.1. The van der Waals surface area contributed by atoms with Crippen LogP contribution in [-0.2, 0) is 13.5 Å². The zero-order valence-electron chi connectivity index (χ0n) is 11.3. The van der Waals surface area contributed by atoms with Gasteiger partial charge in [-0.05, 0) is 37.8 Å². The maximum Gasteiger partial charge on any atom is 0.0540 e. The van der Waals surface area contributed by atoms with E-state index in [0.717, 1.165) is 19.4 Å². The van der Waals surface area contributed by atoms with Crippen molar-refractivity contribution >= 4 is 11.3 Å². The summed E-state index contributed by atoms with van der Waals surface area (Å²) < 4.78 is 1.95. The highest BCUT2D eigenvalue weighted by Crippen LogP contribution is 2.23. The molecular weight excluding hydrogens is 242 g/mol. The fourth-order valence-corrected chi connectivity index (χ4v) is 2.94. The standard InChI is InChI=1S/C14H21N3S/c1-4-15-14(8-7-12-6-5-9-18-12)13-10-16-17(3)11(13)2/h5-6,9-10,14-15H,4,7-8H2,1-3H3. The van der Waals surface area contributed by atoms with Gasteiger partial charge < -0.3 is 5.32 Å². The third kappa shape index (κ3) is 3.00. The molecule has 0 aromatic carbocycles. The largest absolute Gasteiger partial charge is 0.310 e. The van der Waals surface area contributed by atoms with E-state index in [1.165, 1.54) is 16.1 Å². The van der Waals surface area contributed by atoms with Crippen molar-refractivity contribution in [3.05, 3.63) is 39.8 Å². The molecule has 0 amide bonds. The van der Waals surface area contributed by atoms with Crippen LogP contribution in [0.15, 0.2) is 23.7 Å². The van der Waals surface area contributed by atoms with Crippen molar-refractivity contribution in [2.24, 2.45) is 7.05 Å². The topological polar surface area (TPSA) is 29.9 Å². The predicted molar refractivity (Wildman–Crippen MR) is 77.0 cm³/mol. The molecule has 0 bridgehead atoms. The van der Waals surface area contributed by atoms with Gasteiger partial charge in [0, 0.05) is 29.2 Å². The van der Waals surface area contributed by atoms with Crippen LogP contribution in [0, 0.1) is 6.92 Å². The molecule has 0 spiro atoms. The molecule has 1 N–H and O–H groups in total. The van der Waals surface area contributed by atoms with E-state index in [2.05, 4.69) is 41.8 Å². The normalized spacial score (nSPS) is 12.8. The van der Waals surface area contributed by atoms with Gasteiger partial charge in [0.05, 0.1) is 6.20 Å². The Bertz CT molecular complexity index is 473. The second kappa shape index (κ2) is 6.16. The predicted octanol–water partition coefficient (Wildman–Crippen LogP) is 3.07. The van der Waals surface area contributed by atoms with E-state index >= 15 is 0 Å². The van der Waals surface area contributed by atoms with Crippen LogP contribution >= 0.6 is 11.3 Å². The minimum Gasteiger partial charge on any atom is -0.310 e. The van der Waals surface area contributed by atoms with Gasteiger partial charge in [-0.1, -0.05) is 13.0 Å². The van der Waals surface area contributed by atoms with Crippen molar-refractivity contribution in [3.63, 3.8) is 0 Å². The number of nitrogens with zero attached hydrogens (tertiary/aromatic N) is 2. The van der Waals surface area contributed by atoms with Gasteiger partial charge in [-0.15, -0.1) is 11.3 Å². The Morgan fingerprint density at radius 1 is 1.50 bits per heavy atom. The monoisotopic (exact) mass is 263 g/mol. The summed E-state index contributed by atoms with van der Waals surface area (Å²) in [5.41, 5.74) is 2.59. The number of aryl methyl sites for hydroxylation is 2. The third-order valence-electron chi connectivity index (χ3n) is 3.36. The van der Waals surface area contributed by atoms with E-state index in [0.29, 0.717) is 6.04 Å². The average Bonchev–Trinajstić information content (AvgIpc) is 2.98. The van der Waals surface area contributed by atoms with Crippen LogP contribution in [0.4, 0.5) is 0 Å². The van der Waals surface area contributed by atoms with Gasteiger partial charge in [0.2, 0.25) is 0 Å². The molecule has 2 heterocycles. The number of nitrogens with one attached hydrogen (secondary N) is 1. The number of thiophene rings is 1. The molecule has 2 rings (SSSR count). The van der Waals surface area contributed by atoms with Gasteiger partial charge in [0.25, 0.3) is 0 Å². The van der Waals surface area contributed by atoms with Gasteiger partial charge in [0.15, 0.2) is 0 Å². The quantitative estimate of drug-likeness (QED) is 0.868. The van der Waals surface area contributed by atoms with Crippen LogP contribution in [0.25, 0.3) is 0 Å². The molecule has 2 aromatic heterocycles. The molecule has 3 nitrogen and oxygen atoms in total. The zero-order valence-corrected chi connectivity index (χ0v) is 12.1. The van der Waals surface area contributed by atoms with Crippen molar-refractivity contribution in [2.75, 3.05) is 6.54 Å². The molecule has 0 aliphatic heterocycles. The van der Waals surface area contributed by atoms with Crippen LogP contribution in [0.5, 0.6) is 0 Å². The van der Waals surface area contributed by atoms with E-state index in [-0.39, 0.29) is 0 Å². The molecule has 2 aromatic rings. The number of hydrogen-bond acceptors (Lipinski definition) is 3.